The quantitative estimate of drug-likeness (QED) is 0.486. The summed E-state index contributed by atoms with van der Waals surface area (Å²) in [5, 5.41) is 7.42. The Labute approximate surface area is 154 Å². The summed E-state index contributed by atoms with van der Waals surface area (Å²) in [6.07, 6.45) is 0.937. The fourth-order valence-corrected chi connectivity index (χ4v) is 3.81. The minimum atomic E-state index is 0.230. The maximum atomic E-state index is 5.73. The zero-order valence-corrected chi connectivity index (χ0v) is 15.6. The van der Waals surface area contributed by atoms with Crippen LogP contribution in [0.1, 0.15) is 24.9 Å². The Morgan fingerprint density at radius 1 is 1.20 bits per heavy atom. The van der Waals surface area contributed by atoms with Crippen LogP contribution in [0, 0.1) is 0 Å². The fraction of sp³-hybridized carbons (Fsp3) is 0.350. The molecule has 132 valence electrons. The summed E-state index contributed by atoms with van der Waals surface area (Å²) in [7, 11) is 1.82. The average molecular weight is 356 g/mol. The van der Waals surface area contributed by atoms with Crippen molar-refractivity contribution in [2.24, 2.45) is 4.99 Å². The Morgan fingerprint density at radius 2 is 1.96 bits per heavy atom. The molecule has 0 saturated carbocycles. The Balaban J connectivity index is 1.54. The van der Waals surface area contributed by atoms with Gasteiger partial charge in [0.1, 0.15) is 5.75 Å². The van der Waals surface area contributed by atoms with Gasteiger partial charge in [-0.25, -0.2) is 0 Å². The molecule has 0 spiro atoms. The van der Waals surface area contributed by atoms with Gasteiger partial charge in [-0.1, -0.05) is 43.3 Å². The first-order valence-corrected chi connectivity index (χ1v) is 9.55. The van der Waals surface area contributed by atoms with Gasteiger partial charge in [0.25, 0.3) is 0 Å². The van der Waals surface area contributed by atoms with E-state index >= 15 is 0 Å². The van der Waals surface area contributed by atoms with Crippen molar-refractivity contribution in [2.75, 3.05) is 20.2 Å². The van der Waals surface area contributed by atoms with Crippen LogP contribution in [-0.4, -0.2) is 31.4 Å². The molecule has 25 heavy (non-hydrogen) atoms. The molecule has 0 amide bonds. The number of thioether (sulfide) groups is 1. The standard InChI is InChI=1S/C20H25N3OS/c1-15(25-16-8-4-3-5-9-16)14-22-20(21-2)23-18-12-13-24-19-11-7-6-10-17(18)19/h3-11,15,18H,12-14H2,1-2H3,(H2,21,22,23). The van der Waals surface area contributed by atoms with E-state index in [0.717, 1.165) is 31.3 Å². The van der Waals surface area contributed by atoms with E-state index < -0.39 is 0 Å². The van der Waals surface area contributed by atoms with Crippen LogP contribution in [0.25, 0.3) is 0 Å². The topological polar surface area (TPSA) is 45.7 Å². The third kappa shape index (κ3) is 4.92. The number of hydrogen-bond acceptors (Lipinski definition) is 3. The Morgan fingerprint density at radius 3 is 2.76 bits per heavy atom. The highest BCUT2D eigenvalue weighted by molar-refractivity contribution is 8.00. The van der Waals surface area contributed by atoms with Crippen LogP contribution in [0.15, 0.2) is 64.5 Å². The third-order valence-electron chi connectivity index (χ3n) is 4.13. The molecule has 1 heterocycles. The van der Waals surface area contributed by atoms with Gasteiger partial charge in [-0.05, 0) is 18.2 Å². The van der Waals surface area contributed by atoms with Crippen molar-refractivity contribution in [1.82, 2.24) is 10.6 Å². The highest BCUT2D eigenvalue weighted by Gasteiger charge is 2.21. The molecule has 1 aliphatic rings. The minimum Gasteiger partial charge on any atom is -0.493 e. The summed E-state index contributed by atoms with van der Waals surface area (Å²) in [4.78, 5) is 5.67. The zero-order chi connectivity index (χ0) is 17.5. The van der Waals surface area contributed by atoms with Gasteiger partial charge >= 0.3 is 0 Å². The molecule has 0 fully saturated rings. The molecule has 2 aromatic carbocycles. The SMILES string of the molecule is CN=C(NCC(C)Sc1ccccc1)NC1CCOc2ccccc21. The van der Waals surface area contributed by atoms with Crippen molar-refractivity contribution < 1.29 is 4.74 Å². The normalized spacial score (nSPS) is 18.0. The summed E-state index contributed by atoms with van der Waals surface area (Å²) in [6.45, 7) is 3.80. The molecule has 2 atom stereocenters. The fourth-order valence-electron chi connectivity index (χ4n) is 2.87. The van der Waals surface area contributed by atoms with Crippen LogP contribution in [0.2, 0.25) is 0 Å². The maximum Gasteiger partial charge on any atom is 0.191 e. The van der Waals surface area contributed by atoms with Gasteiger partial charge in [0, 0.05) is 35.7 Å². The molecule has 1 aliphatic heterocycles. The van der Waals surface area contributed by atoms with Crippen LogP contribution in [-0.2, 0) is 0 Å². The van der Waals surface area contributed by atoms with E-state index in [2.05, 4.69) is 58.9 Å². The first-order valence-electron chi connectivity index (χ1n) is 8.67. The Kier molecular flexibility index (Phi) is 6.23. The number of fused-ring (bicyclic) bond motifs is 1. The molecule has 5 heteroatoms. The lowest BCUT2D eigenvalue weighted by Gasteiger charge is -2.28. The third-order valence-corrected chi connectivity index (χ3v) is 5.24. The van der Waals surface area contributed by atoms with Crippen LogP contribution >= 0.6 is 11.8 Å². The van der Waals surface area contributed by atoms with Gasteiger partial charge in [0.05, 0.1) is 12.6 Å². The van der Waals surface area contributed by atoms with Crippen molar-refractivity contribution in [3.63, 3.8) is 0 Å². The van der Waals surface area contributed by atoms with Crippen LogP contribution < -0.4 is 15.4 Å². The molecule has 0 saturated heterocycles. The highest BCUT2D eigenvalue weighted by atomic mass is 32.2. The van der Waals surface area contributed by atoms with E-state index in [1.54, 1.807) is 0 Å². The first kappa shape index (κ1) is 17.7. The molecule has 2 aromatic rings. The molecule has 2 unspecified atom stereocenters. The van der Waals surface area contributed by atoms with Gasteiger partial charge in [-0.2, -0.15) is 0 Å². The average Bonchev–Trinajstić information content (AvgIpc) is 2.66. The predicted octanol–water partition coefficient (Wildman–Crippen LogP) is 3.86. The van der Waals surface area contributed by atoms with Crippen molar-refractivity contribution in [3.8, 4) is 5.75 Å². The van der Waals surface area contributed by atoms with E-state index in [4.69, 9.17) is 4.74 Å². The van der Waals surface area contributed by atoms with E-state index in [1.165, 1.54) is 10.5 Å². The number of nitrogens with zero attached hydrogens (tertiary/aromatic N) is 1. The lowest BCUT2D eigenvalue weighted by atomic mass is 10.0. The first-order chi connectivity index (χ1) is 12.3. The van der Waals surface area contributed by atoms with Crippen LogP contribution in [0.4, 0.5) is 0 Å². The zero-order valence-electron chi connectivity index (χ0n) is 14.7. The van der Waals surface area contributed by atoms with Crippen molar-refractivity contribution in [3.05, 3.63) is 60.2 Å². The second-order valence-electron chi connectivity index (χ2n) is 6.07. The molecule has 0 radical (unpaired) electrons. The smallest absolute Gasteiger partial charge is 0.191 e. The van der Waals surface area contributed by atoms with E-state index in [0.29, 0.717) is 5.25 Å². The van der Waals surface area contributed by atoms with Crippen molar-refractivity contribution in [2.45, 2.75) is 29.5 Å². The lowest BCUT2D eigenvalue weighted by molar-refractivity contribution is 0.261. The summed E-state index contributed by atoms with van der Waals surface area (Å²) in [5.41, 5.74) is 1.20. The summed E-state index contributed by atoms with van der Waals surface area (Å²) < 4.78 is 5.73. The molecule has 2 N–H and O–H groups in total. The van der Waals surface area contributed by atoms with E-state index in [9.17, 15) is 0 Å². The van der Waals surface area contributed by atoms with E-state index in [1.807, 2.05) is 37.0 Å². The van der Waals surface area contributed by atoms with Gasteiger partial charge < -0.3 is 15.4 Å². The maximum absolute atomic E-state index is 5.73. The van der Waals surface area contributed by atoms with Crippen LogP contribution in [0.3, 0.4) is 0 Å². The molecular formula is C20H25N3OS. The number of para-hydroxylation sites is 1. The summed E-state index contributed by atoms with van der Waals surface area (Å²) in [5.74, 6) is 1.80. The Bertz CT molecular complexity index is 705. The second-order valence-corrected chi connectivity index (χ2v) is 7.58. The number of aliphatic imine (C=N–C) groups is 1. The highest BCUT2D eigenvalue weighted by Crippen LogP contribution is 2.31. The Hall–Kier alpha value is -2.14. The largest absolute Gasteiger partial charge is 0.493 e. The number of rotatable bonds is 5. The second kappa shape index (κ2) is 8.81. The summed E-state index contributed by atoms with van der Waals surface area (Å²) in [6, 6.07) is 18.9. The number of guanidine groups is 1. The molecule has 3 rings (SSSR count). The monoisotopic (exact) mass is 355 g/mol. The molecule has 0 aromatic heterocycles. The number of hydrogen-bond donors (Lipinski definition) is 2. The molecular weight excluding hydrogens is 330 g/mol. The minimum absolute atomic E-state index is 0.230. The number of benzene rings is 2. The van der Waals surface area contributed by atoms with Crippen molar-refractivity contribution >= 4 is 17.7 Å². The van der Waals surface area contributed by atoms with Gasteiger partial charge in [0.2, 0.25) is 0 Å². The molecule has 0 bridgehead atoms. The van der Waals surface area contributed by atoms with Gasteiger partial charge in [0.15, 0.2) is 5.96 Å². The summed E-state index contributed by atoms with van der Waals surface area (Å²) >= 11 is 1.87. The van der Waals surface area contributed by atoms with Crippen LogP contribution in [0.5, 0.6) is 5.75 Å². The molecule has 4 nitrogen and oxygen atoms in total. The number of ether oxygens (including phenoxy) is 1. The van der Waals surface area contributed by atoms with Gasteiger partial charge in [-0.15, -0.1) is 11.8 Å². The van der Waals surface area contributed by atoms with Crippen molar-refractivity contribution in [1.29, 1.82) is 0 Å². The predicted molar refractivity (Wildman–Crippen MR) is 106 cm³/mol. The number of nitrogens with one attached hydrogen (secondary N) is 2. The molecule has 0 aliphatic carbocycles. The van der Waals surface area contributed by atoms with E-state index in [-0.39, 0.29) is 6.04 Å². The lowest BCUT2D eigenvalue weighted by Crippen LogP contribution is -2.42. The van der Waals surface area contributed by atoms with Gasteiger partial charge in [-0.3, -0.25) is 4.99 Å².